The van der Waals surface area contributed by atoms with Crippen molar-refractivity contribution in [1.82, 2.24) is 10.5 Å². The molecule has 0 atom stereocenters. The molecule has 1 amide bonds. The van der Waals surface area contributed by atoms with E-state index < -0.39 is 0 Å². The van der Waals surface area contributed by atoms with Gasteiger partial charge in [-0.3, -0.25) is 4.79 Å². The van der Waals surface area contributed by atoms with Crippen LogP contribution in [0.2, 0.25) is 0 Å². The van der Waals surface area contributed by atoms with Crippen LogP contribution in [0, 0.1) is 0 Å². The minimum atomic E-state index is -0.242. The second-order valence-electron chi connectivity index (χ2n) is 4.16. The van der Waals surface area contributed by atoms with Gasteiger partial charge in [0.25, 0.3) is 5.91 Å². The summed E-state index contributed by atoms with van der Waals surface area (Å²) in [5.41, 5.74) is 1.08. The first-order valence-corrected chi connectivity index (χ1v) is 6.95. The summed E-state index contributed by atoms with van der Waals surface area (Å²) < 4.78 is 9.85. The second-order valence-corrected chi connectivity index (χ2v) is 5.33. The third-order valence-electron chi connectivity index (χ3n) is 2.79. The number of amides is 1. The largest absolute Gasteiger partial charge is 0.472 e. The van der Waals surface area contributed by atoms with E-state index in [1.165, 1.54) is 17.1 Å². The minimum Gasteiger partial charge on any atom is -0.472 e. The van der Waals surface area contributed by atoms with Crippen LogP contribution >= 0.6 is 11.3 Å². The van der Waals surface area contributed by atoms with E-state index in [4.69, 9.17) is 8.94 Å². The maximum Gasteiger partial charge on any atom is 0.289 e. The summed E-state index contributed by atoms with van der Waals surface area (Å²) in [6, 6.07) is 7.59. The molecule has 3 aromatic heterocycles. The molecule has 1 N–H and O–H groups in total. The quantitative estimate of drug-likeness (QED) is 0.783. The Balaban J connectivity index is 1.53. The number of aromatic nitrogens is 1. The topological polar surface area (TPSA) is 68.3 Å². The van der Waals surface area contributed by atoms with Crippen LogP contribution in [-0.2, 0) is 6.42 Å². The monoisotopic (exact) mass is 288 g/mol. The van der Waals surface area contributed by atoms with Crippen LogP contribution in [0.4, 0.5) is 0 Å². The van der Waals surface area contributed by atoms with Crippen LogP contribution in [-0.4, -0.2) is 17.6 Å². The molecule has 0 saturated carbocycles. The molecule has 0 aliphatic rings. The summed E-state index contributed by atoms with van der Waals surface area (Å²) in [6.07, 6.45) is 5.61. The molecule has 0 aliphatic heterocycles. The molecule has 0 fully saturated rings. The van der Waals surface area contributed by atoms with E-state index in [9.17, 15) is 4.79 Å². The van der Waals surface area contributed by atoms with Crippen molar-refractivity contribution in [1.29, 1.82) is 0 Å². The molecule has 5 nitrogen and oxygen atoms in total. The van der Waals surface area contributed by atoms with E-state index in [1.807, 2.05) is 6.07 Å². The van der Waals surface area contributed by atoms with Crippen molar-refractivity contribution < 1.29 is 13.7 Å². The van der Waals surface area contributed by atoms with Crippen molar-refractivity contribution in [3.8, 4) is 10.4 Å². The molecule has 3 rings (SSSR count). The van der Waals surface area contributed by atoms with Crippen LogP contribution in [0.1, 0.15) is 15.4 Å². The molecule has 0 radical (unpaired) electrons. The number of rotatable bonds is 5. The summed E-state index contributed by atoms with van der Waals surface area (Å²) >= 11 is 1.69. The van der Waals surface area contributed by atoms with Gasteiger partial charge in [-0.15, -0.1) is 11.3 Å². The fourth-order valence-electron chi connectivity index (χ4n) is 1.79. The molecule has 3 aromatic rings. The Labute approximate surface area is 119 Å². The van der Waals surface area contributed by atoms with Gasteiger partial charge in [0, 0.05) is 27.9 Å². The van der Waals surface area contributed by atoms with Crippen LogP contribution in [0.25, 0.3) is 10.4 Å². The zero-order chi connectivity index (χ0) is 13.8. The lowest BCUT2D eigenvalue weighted by Gasteiger charge is -2.00. The highest BCUT2D eigenvalue weighted by molar-refractivity contribution is 7.15. The number of nitrogens with one attached hydrogen (secondary N) is 1. The van der Waals surface area contributed by atoms with Crippen LogP contribution in [0.5, 0.6) is 0 Å². The highest BCUT2D eigenvalue weighted by Gasteiger charge is 2.09. The third kappa shape index (κ3) is 2.80. The summed E-state index contributed by atoms with van der Waals surface area (Å²) in [6.45, 7) is 0.560. The second kappa shape index (κ2) is 5.75. The minimum absolute atomic E-state index is 0.232. The first kappa shape index (κ1) is 12.7. The Morgan fingerprint density at radius 3 is 3.00 bits per heavy atom. The molecule has 0 aliphatic carbocycles. The van der Waals surface area contributed by atoms with Crippen LogP contribution < -0.4 is 5.32 Å². The highest BCUT2D eigenvalue weighted by atomic mass is 32.1. The van der Waals surface area contributed by atoms with Gasteiger partial charge in [0.2, 0.25) is 5.76 Å². The fraction of sp³-hybridized carbons (Fsp3) is 0.143. The SMILES string of the molecule is O=C(NCCc1ccc(-c2ccoc2)s1)c1ccno1. The van der Waals surface area contributed by atoms with E-state index in [1.54, 1.807) is 23.9 Å². The molecule has 0 spiro atoms. The van der Waals surface area contributed by atoms with Gasteiger partial charge in [-0.1, -0.05) is 5.16 Å². The van der Waals surface area contributed by atoms with Crippen molar-refractivity contribution in [2.75, 3.05) is 6.54 Å². The van der Waals surface area contributed by atoms with Gasteiger partial charge in [-0.2, -0.15) is 0 Å². The van der Waals surface area contributed by atoms with Gasteiger partial charge < -0.3 is 14.3 Å². The van der Waals surface area contributed by atoms with Crippen LogP contribution in [0.3, 0.4) is 0 Å². The van der Waals surface area contributed by atoms with E-state index >= 15 is 0 Å². The molecule has 0 aromatic carbocycles. The number of hydrogen-bond donors (Lipinski definition) is 1. The number of thiophene rings is 1. The van der Waals surface area contributed by atoms with Crippen molar-refractivity contribution in [2.45, 2.75) is 6.42 Å². The maximum absolute atomic E-state index is 11.6. The fourth-order valence-corrected chi connectivity index (χ4v) is 2.78. The summed E-state index contributed by atoms with van der Waals surface area (Å²) in [5.74, 6) is -0.00983. The molecule has 102 valence electrons. The zero-order valence-corrected chi connectivity index (χ0v) is 11.4. The van der Waals surface area contributed by atoms with Crippen molar-refractivity contribution in [3.63, 3.8) is 0 Å². The lowest BCUT2D eigenvalue weighted by molar-refractivity contribution is 0.0917. The molecule has 0 bridgehead atoms. The van der Waals surface area contributed by atoms with Gasteiger partial charge in [0.05, 0.1) is 18.7 Å². The Kier molecular flexibility index (Phi) is 3.64. The summed E-state index contributed by atoms with van der Waals surface area (Å²) in [5, 5.41) is 6.29. The lowest BCUT2D eigenvalue weighted by Crippen LogP contribution is -2.25. The average molecular weight is 288 g/mol. The predicted molar refractivity (Wildman–Crippen MR) is 74.6 cm³/mol. The normalized spacial score (nSPS) is 10.6. The Hall–Kier alpha value is -2.34. The Bertz CT molecular complexity index is 671. The number of furan rings is 1. The number of carbonyl (C=O) groups excluding carboxylic acids is 1. The predicted octanol–water partition coefficient (Wildman–Crippen LogP) is 2.97. The summed E-state index contributed by atoms with van der Waals surface area (Å²) in [7, 11) is 0. The average Bonchev–Trinajstić information content (AvgIpc) is 3.20. The Morgan fingerprint density at radius 2 is 2.25 bits per heavy atom. The smallest absolute Gasteiger partial charge is 0.289 e. The molecule has 0 saturated heterocycles. The molecular weight excluding hydrogens is 276 g/mol. The molecule has 3 heterocycles. The standard InChI is InChI=1S/C14H12N2O3S/c17-14(12-4-7-16-19-12)15-6-3-11-1-2-13(20-11)10-5-8-18-9-10/h1-2,4-5,7-9H,3,6H2,(H,15,17). The van der Waals surface area contributed by atoms with E-state index in [-0.39, 0.29) is 11.7 Å². The van der Waals surface area contributed by atoms with Gasteiger partial charge in [-0.25, -0.2) is 0 Å². The van der Waals surface area contributed by atoms with Gasteiger partial charge in [-0.05, 0) is 24.6 Å². The number of carbonyl (C=O) groups is 1. The maximum atomic E-state index is 11.6. The Morgan fingerprint density at radius 1 is 1.30 bits per heavy atom. The van der Waals surface area contributed by atoms with Crippen molar-refractivity contribution >= 4 is 17.2 Å². The highest BCUT2D eigenvalue weighted by Crippen LogP contribution is 2.28. The number of nitrogens with zero attached hydrogens (tertiary/aromatic N) is 1. The van der Waals surface area contributed by atoms with Gasteiger partial charge in [0.15, 0.2) is 0 Å². The molecule has 6 heteroatoms. The lowest BCUT2D eigenvalue weighted by atomic mass is 10.3. The molecular formula is C14H12N2O3S. The van der Waals surface area contributed by atoms with Crippen LogP contribution in [0.15, 0.2) is 51.9 Å². The van der Waals surface area contributed by atoms with Crippen molar-refractivity contribution in [3.05, 3.63) is 53.6 Å². The first-order valence-electron chi connectivity index (χ1n) is 6.13. The van der Waals surface area contributed by atoms with E-state index in [2.05, 4.69) is 22.6 Å². The summed E-state index contributed by atoms with van der Waals surface area (Å²) in [4.78, 5) is 14.0. The zero-order valence-electron chi connectivity index (χ0n) is 10.5. The van der Waals surface area contributed by atoms with Crippen molar-refractivity contribution in [2.24, 2.45) is 0 Å². The molecule has 0 unspecified atom stereocenters. The van der Waals surface area contributed by atoms with Gasteiger partial charge in [0.1, 0.15) is 0 Å². The number of hydrogen-bond acceptors (Lipinski definition) is 5. The van der Waals surface area contributed by atoms with E-state index in [0.717, 1.165) is 16.9 Å². The van der Waals surface area contributed by atoms with Gasteiger partial charge >= 0.3 is 0 Å². The first-order chi connectivity index (χ1) is 9.83. The molecule has 20 heavy (non-hydrogen) atoms. The van der Waals surface area contributed by atoms with E-state index in [0.29, 0.717) is 6.54 Å². The third-order valence-corrected chi connectivity index (χ3v) is 3.98.